The summed E-state index contributed by atoms with van der Waals surface area (Å²) in [6, 6.07) is 13.5. The van der Waals surface area contributed by atoms with Gasteiger partial charge in [-0.15, -0.1) is 0 Å². The molecule has 0 aliphatic rings. The Morgan fingerprint density at radius 2 is 1.95 bits per heavy atom. The van der Waals surface area contributed by atoms with E-state index in [1.54, 1.807) is 0 Å². The van der Waals surface area contributed by atoms with Gasteiger partial charge in [0.05, 0.1) is 0 Å². The minimum Gasteiger partial charge on any atom is -0.485 e. The normalized spacial score (nSPS) is 10.8. The second-order valence-corrected chi connectivity index (χ2v) is 4.88. The van der Waals surface area contributed by atoms with E-state index in [2.05, 4.69) is 28.6 Å². The molecule has 0 saturated heterocycles. The van der Waals surface area contributed by atoms with Crippen LogP contribution in [0.3, 0.4) is 0 Å². The minimum atomic E-state index is 0.503. The third-order valence-corrected chi connectivity index (χ3v) is 3.26. The van der Waals surface area contributed by atoms with Gasteiger partial charge < -0.3 is 4.74 Å². The second kappa shape index (κ2) is 4.94. The Morgan fingerprint density at radius 1 is 1.16 bits per heavy atom. The standard InChI is InChI=1S/C15H13ClN2O/c1-11-3-2-4-15-17-13(9-18(11)15)10-19-14-7-5-12(16)6-8-14/h2-9H,10H2,1H3/p+1. The van der Waals surface area contributed by atoms with E-state index >= 15 is 0 Å². The number of benzene rings is 1. The molecule has 19 heavy (non-hydrogen) atoms. The molecule has 0 saturated carbocycles. The molecule has 2 aromatic heterocycles. The van der Waals surface area contributed by atoms with Crippen LogP contribution in [0.5, 0.6) is 5.75 Å². The lowest BCUT2D eigenvalue weighted by atomic mass is 10.3. The topological polar surface area (TPSA) is 29.1 Å². The Kier molecular flexibility index (Phi) is 3.13. The molecule has 2 heterocycles. The number of aromatic nitrogens is 2. The molecular weight excluding hydrogens is 260 g/mol. The van der Waals surface area contributed by atoms with Gasteiger partial charge in [0.2, 0.25) is 0 Å². The molecule has 3 rings (SSSR count). The summed E-state index contributed by atoms with van der Waals surface area (Å²) in [5.41, 5.74) is 3.28. The van der Waals surface area contributed by atoms with Gasteiger partial charge in [0.15, 0.2) is 12.3 Å². The number of H-pyrrole nitrogens is 1. The van der Waals surface area contributed by atoms with Crippen molar-refractivity contribution in [2.45, 2.75) is 13.5 Å². The number of fused-ring (bicyclic) bond motifs is 1. The van der Waals surface area contributed by atoms with E-state index < -0.39 is 0 Å². The number of hydrogen-bond donors (Lipinski definition) is 1. The van der Waals surface area contributed by atoms with Gasteiger partial charge in [-0.05, 0) is 37.3 Å². The summed E-state index contributed by atoms with van der Waals surface area (Å²) in [6.45, 7) is 2.58. The average molecular weight is 274 g/mol. The van der Waals surface area contributed by atoms with Crippen LogP contribution < -0.4 is 9.14 Å². The van der Waals surface area contributed by atoms with Crippen LogP contribution in [0.4, 0.5) is 0 Å². The highest BCUT2D eigenvalue weighted by Gasteiger charge is 2.10. The maximum Gasteiger partial charge on any atom is 0.284 e. The van der Waals surface area contributed by atoms with Gasteiger partial charge in [0, 0.05) is 11.1 Å². The summed E-state index contributed by atoms with van der Waals surface area (Å²) in [4.78, 5) is 3.33. The zero-order chi connectivity index (χ0) is 13.2. The lowest BCUT2D eigenvalue weighted by Crippen LogP contribution is -2.22. The highest BCUT2D eigenvalue weighted by molar-refractivity contribution is 6.30. The maximum atomic E-state index is 5.83. The van der Waals surface area contributed by atoms with Crippen LogP contribution in [-0.4, -0.2) is 4.98 Å². The number of aromatic amines is 1. The van der Waals surface area contributed by atoms with E-state index in [-0.39, 0.29) is 0 Å². The van der Waals surface area contributed by atoms with Crippen molar-refractivity contribution in [2.24, 2.45) is 0 Å². The fourth-order valence-corrected chi connectivity index (χ4v) is 2.15. The minimum absolute atomic E-state index is 0.503. The highest BCUT2D eigenvalue weighted by atomic mass is 35.5. The maximum absolute atomic E-state index is 5.83. The van der Waals surface area contributed by atoms with Crippen LogP contribution in [0.15, 0.2) is 48.7 Å². The number of nitrogens with one attached hydrogen (secondary N) is 1. The molecular formula is C15H14ClN2O+. The van der Waals surface area contributed by atoms with E-state index in [0.717, 1.165) is 17.1 Å². The summed E-state index contributed by atoms with van der Waals surface area (Å²) < 4.78 is 7.82. The van der Waals surface area contributed by atoms with Crippen molar-refractivity contribution >= 4 is 17.2 Å². The summed E-state index contributed by atoms with van der Waals surface area (Å²) in [7, 11) is 0. The van der Waals surface area contributed by atoms with Crippen LogP contribution in [-0.2, 0) is 6.61 Å². The first kappa shape index (κ1) is 12.1. The smallest absolute Gasteiger partial charge is 0.284 e. The van der Waals surface area contributed by atoms with Gasteiger partial charge in [-0.2, -0.15) is 4.40 Å². The molecule has 4 heteroatoms. The number of imidazole rings is 1. The molecule has 0 spiro atoms. The molecule has 1 N–H and O–H groups in total. The summed E-state index contributed by atoms with van der Waals surface area (Å²) in [6.07, 6.45) is 2.06. The molecule has 0 aliphatic heterocycles. The van der Waals surface area contributed by atoms with Gasteiger partial charge in [-0.25, -0.2) is 4.98 Å². The first-order chi connectivity index (χ1) is 9.22. The third kappa shape index (κ3) is 2.56. The van der Waals surface area contributed by atoms with Gasteiger partial charge in [0.1, 0.15) is 17.6 Å². The predicted molar refractivity (Wildman–Crippen MR) is 74.5 cm³/mol. The first-order valence-electron chi connectivity index (χ1n) is 6.09. The van der Waals surface area contributed by atoms with E-state index in [0.29, 0.717) is 11.6 Å². The summed E-state index contributed by atoms with van der Waals surface area (Å²) in [5.74, 6) is 0.810. The van der Waals surface area contributed by atoms with E-state index in [1.807, 2.05) is 36.4 Å². The molecule has 3 aromatic rings. The molecule has 0 amide bonds. The number of rotatable bonds is 3. The predicted octanol–water partition coefficient (Wildman–Crippen LogP) is 3.29. The SMILES string of the molecule is Cc1cccc2[nH]c(COc3ccc(Cl)cc3)c[n+]12. The first-order valence-corrected chi connectivity index (χ1v) is 6.47. The molecule has 0 fully saturated rings. The van der Waals surface area contributed by atoms with Crippen LogP contribution >= 0.6 is 11.6 Å². The Labute approximate surface area is 116 Å². The van der Waals surface area contributed by atoms with Crippen molar-refractivity contribution in [3.8, 4) is 5.75 Å². The van der Waals surface area contributed by atoms with Crippen LogP contribution in [0.1, 0.15) is 11.4 Å². The zero-order valence-electron chi connectivity index (χ0n) is 10.6. The third-order valence-electron chi connectivity index (χ3n) is 3.01. The van der Waals surface area contributed by atoms with Crippen LogP contribution in [0.2, 0.25) is 5.02 Å². The molecule has 96 valence electrons. The lowest BCUT2D eigenvalue weighted by molar-refractivity contribution is -0.518. The molecule has 0 bridgehead atoms. The lowest BCUT2D eigenvalue weighted by Gasteiger charge is -2.02. The average Bonchev–Trinajstić information content (AvgIpc) is 2.83. The number of nitrogens with zero attached hydrogens (tertiary/aromatic N) is 1. The Hall–Kier alpha value is -2.00. The van der Waals surface area contributed by atoms with Crippen molar-refractivity contribution in [1.82, 2.24) is 4.98 Å². The monoisotopic (exact) mass is 273 g/mol. The van der Waals surface area contributed by atoms with Gasteiger partial charge >= 0.3 is 0 Å². The number of halogens is 1. The largest absolute Gasteiger partial charge is 0.485 e. The fourth-order valence-electron chi connectivity index (χ4n) is 2.02. The van der Waals surface area contributed by atoms with Crippen molar-refractivity contribution in [3.05, 3.63) is 65.1 Å². The van der Waals surface area contributed by atoms with Crippen molar-refractivity contribution in [1.29, 1.82) is 0 Å². The van der Waals surface area contributed by atoms with Crippen LogP contribution in [0.25, 0.3) is 5.65 Å². The summed E-state index contributed by atoms with van der Waals surface area (Å²) in [5, 5.41) is 0.712. The number of ether oxygens (including phenoxy) is 1. The quantitative estimate of drug-likeness (QED) is 0.729. The van der Waals surface area contributed by atoms with Gasteiger partial charge in [0.25, 0.3) is 5.65 Å². The Morgan fingerprint density at radius 3 is 2.68 bits per heavy atom. The van der Waals surface area contributed by atoms with Gasteiger partial charge in [-0.1, -0.05) is 17.7 Å². The molecule has 1 aromatic carbocycles. The molecule has 0 aliphatic carbocycles. The van der Waals surface area contributed by atoms with Crippen molar-refractivity contribution in [2.75, 3.05) is 0 Å². The zero-order valence-corrected chi connectivity index (χ0v) is 11.3. The van der Waals surface area contributed by atoms with E-state index in [1.165, 1.54) is 5.69 Å². The molecule has 0 atom stereocenters. The number of hydrogen-bond acceptors (Lipinski definition) is 1. The summed E-state index contributed by atoms with van der Waals surface area (Å²) >= 11 is 5.83. The molecule has 0 radical (unpaired) electrons. The van der Waals surface area contributed by atoms with E-state index in [9.17, 15) is 0 Å². The molecule has 0 unspecified atom stereocenters. The number of pyridine rings is 1. The van der Waals surface area contributed by atoms with Crippen molar-refractivity contribution in [3.63, 3.8) is 0 Å². The van der Waals surface area contributed by atoms with E-state index in [4.69, 9.17) is 16.3 Å². The van der Waals surface area contributed by atoms with Gasteiger partial charge in [-0.3, -0.25) is 0 Å². The molecule has 3 nitrogen and oxygen atoms in total. The number of aryl methyl sites for hydroxylation is 1. The van der Waals surface area contributed by atoms with Crippen LogP contribution in [0, 0.1) is 6.92 Å². The Bertz CT molecular complexity index is 704. The fraction of sp³-hybridized carbons (Fsp3) is 0.133. The Balaban J connectivity index is 1.78. The van der Waals surface area contributed by atoms with Crippen molar-refractivity contribution < 1.29 is 9.14 Å². The highest BCUT2D eigenvalue weighted by Crippen LogP contribution is 2.16. The second-order valence-electron chi connectivity index (χ2n) is 4.44.